The Morgan fingerprint density at radius 2 is 1.94 bits per heavy atom. The molecule has 1 atom stereocenters. The predicted octanol–water partition coefficient (Wildman–Crippen LogP) is 1.87. The topological polar surface area (TPSA) is 50.4 Å². The molecule has 0 aliphatic heterocycles. The van der Waals surface area contributed by atoms with E-state index in [2.05, 4.69) is 10.6 Å². The summed E-state index contributed by atoms with van der Waals surface area (Å²) in [5, 5.41) is 6.03. The minimum absolute atomic E-state index is 0.0119. The second-order valence-electron chi connectivity index (χ2n) is 4.57. The number of carbonyl (C=O) groups is 1. The van der Waals surface area contributed by atoms with E-state index < -0.39 is 0 Å². The van der Waals surface area contributed by atoms with Gasteiger partial charge in [-0.15, -0.1) is 0 Å². The highest BCUT2D eigenvalue weighted by atomic mass is 16.5. The largest absolute Gasteiger partial charge is 0.496 e. The SMILES string of the molecule is COc1ccccc1[C@H](C)NC(=O)CNC(C)C. The van der Waals surface area contributed by atoms with Gasteiger partial charge in [-0.1, -0.05) is 32.0 Å². The fourth-order valence-corrected chi connectivity index (χ4v) is 1.69. The molecule has 0 saturated heterocycles. The Morgan fingerprint density at radius 1 is 1.28 bits per heavy atom. The number of methoxy groups -OCH3 is 1. The second-order valence-corrected chi connectivity index (χ2v) is 4.57. The first kappa shape index (κ1) is 14.5. The first-order valence-electron chi connectivity index (χ1n) is 6.20. The molecule has 0 aromatic heterocycles. The molecule has 0 radical (unpaired) electrons. The van der Waals surface area contributed by atoms with Gasteiger partial charge in [0, 0.05) is 11.6 Å². The molecular weight excluding hydrogens is 228 g/mol. The van der Waals surface area contributed by atoms with Crippen LogP contribution in [0.4, 0.5) is 0 Å². The second kappa shape index (κ2) is 7.01. The van der Waals surface area contributed by atoms with Gasteiger partial charge in [0.2, 0.25) is 5.91 Å². The van der Waals surface area contributed by atoms with Crippen molar-refractivity contribution in [2.45, 2.75) is 32.9 Å². The van der Waals surface area contributed by atoms with Crippen molar-refractivity contribution >= 4 is 5.91 Å². The molecule has 0 aliphatic rings. The number of amides is 1. The summed E-state index contributed by atoms with van der Waals surface area (Å²) < 4.78 is 5.28. The first-order chi connectivity index (χ1) is 8.54. The zero-order chi connectivity index (χ0) is 13.5. The number of hydrogen-bond acceptors (Lipinski definition) is 3. The Labute approximate surface area is 109 Å². The van der Waals surface area contributed by atoms with Gasteiger partial charge in [0.25, 0.3) is 0 Å². The lowest BCUT2D eigenvalue weighted by Crippen LogP contribution is -2.38. The molecule has 0 bridgehead atoms. The predicted molar refractivity (Wildman–Crippen MR) is 72.7 cm³/mol. The average Bonchev–Trinajstić information content (AvgIpc) is 2.36. The van der Waals surface area contributed by atoms with E-state index in [0.717, 1.165) is 11.3 Å². The van der Waals surface area contributed by atoms with E-state index in [1.807, 2.05) is 45.0 Å². The van der Waals surface area contributed by atoms with Crippen LogP contribution in [0, 0.1) is 0 Å². The highest BCUT2D eigenvalue weighted by Gasteiger charge is 2.13. The van der Waals surface area contributed by atoms with Crippen LogP contribution in [0.5, 0.6) is 5.75 Å². The molecule has 1 rings (SSSR count). The third-order valence-electron chi connectivity index (χ3n) is 2.65. The molecule has 0 saturated carbocycles. The van der Waals surface area contributed by atoms with E-state index in [1.165, 1.54) is 0 Å². The molecular formula is C14H22N2O2. The molecule has 0 aliphatic carbocycles. The van der Waals surface area contributed by atoms with Crippen LogP contribution in [0.1, 0.15) is 32.4 Å². The average molecular weight is 250 g/mol. The molecule has 0 heterocycles. The van der Waals surface area contributed by atoms with Crippen molar-refractivity contribution in [3.8, 4) is 5.75 Å². The van der Waals surface area contributed by atoms with Crippen LogP contribution in [0.25, 0.3) is 0 Å². The summed E-state index contributed by atoms with van der Waals surface area (Å²) in [5.74, 6) is 0.782. The Kier molecular flexibility index (Phi) is 5.65. The minimum atomic E-state index is -0.0670. The van der Waals surface area contributed by atoms with Crippen LogP contribution in [0.3, 0.4) is 0 Å². The van der Waals surface area contributed by atoms with E-state index in [1.54, 1.807) is 7.11 Å². The summed E-state index contributed by atoms with van der Waals surface area (Å²) in [6.07, 6.45) is 0. The van der Waals surface area contributed by atoms with Gasteiger partial charge >= 0.3 is 0 Å². The molecule has 2 N–H and O–H groups in total. The lowest BCUT2D eigenvalue weighted by molar-refractivity contribution is -0.121. The van der Waals surface area contributed by atoms with Gasteiger partial charge in [-0.2, -0.15) is 0 Å². The monoisotopic (exact) mass is 250 g/mol. The van der Waals surface area contributed by atoms with E-state index in [0.29, 0.717) is 12.6 Å². The van der Waals surface area contributed by atoms with Crippen molar-refractivity contribution in [3.63, 3.8) is 0 Å². The van der Waals surface area contributed by atoms with Gasteiger partial charge in [0.1, 0.15) is 5.75 Å². The zero-order valence-corrected chi connectivity index (χ0v) is 11.5. The van der Waals surface area contributed by atoms with E-state index in [4.69, 9.17) is 4.74 Å². The Balaban J connectivity index is 2.59. The maximum Gasteiger partial charge on any atom is 0.234 e. The summed E-state index contributed by atoms with van der Waals surface area (Å²) in [4.78, 5) is 11.7. The summed E-state index contributed by atoms with van der Waals surface area (Å²) in [5.41, 5.74) is 0.984. The maximum atomic E-state index is 11.7. The van der Waals surface area contributed by atoms with Crippen molar-refractivity contribution in [2.75, 3.05) is 13.7 Å². The number of rotatable bonds is 6. The standard InChI is InChI=1S/C14H22N2O2/c1-10(2)15-9-14(17)16-11(3)12-7-5-6-8-13(12)18-4/h5-8,10-11,15H,9H2,1-4H3,(H,16,17)/t11-/m0/s1. The van der Waals surface area contributed by atoms with Gasteiger partial charge in [-0.25, -0.2) is 0 Å². The molecule has 0 fully saturated rings. The third-order valence-corrected chi connectivity index (χ3v) is 2.65. The van der Waals surface area contributed by atoms with Crippen LogP contribution >= 0.6 is 0 Å². The fraction of sp³-hybridized carbons (Fsp3) is 0.500. The number of carbonyl (C=O) groups excluding carboxylic acids is 1. The molecule has 1 aromatic rings. The van der Waals surface area contributed by atoms with Crippen LogP contribution in [-0.4, -0.2) is 25.6 Å². The molecule has 18 heavy (non-hydrogen) atoms. The van der Waals surface area contributed by atoms with Crippen molar-refractivity contribution in [2.24, 2.45) is 0 Å². The van der Waals surface area contributed by atoms with Crippen molar-refractivity contribution in [1.29, 1.82) is 0 Å². The molecule has 100 valence electrons. The number of ether oxygens (including phenoxy) is 1. The fourth-order valence-electron chi connectivity index (χ4n) is 1.69. The van der Waals surface area contributed by atoms with Gasteiger partial charge in [0.15, 0.2) is 0 Å². The lowest BCUT2D eigenvalue weighted by Gasteiger charge is -2.17. The minimum Gasteiger partial charge on any atom is -0.496 e. The number of nitrogens with one attached hydrogen (secondary N) is 2. The third kappa shape index (κ3) is 4.37. The van der Waals surface area contributed by atoms with Gasteiger partial charge in [0.05, 0.1) is 19.7 Å². The molecule has 4 nitrogen and oxygen atoms in total. The smallest absolute Gasteiger partial charge is 0.234 e. The van der Waals surface area contributed by atoms with Gasteiger partial charge < -0.3 is 15.4 Å². The van der Waals surface area contributed by atoms with Crippen molar-refractivity contribution < 1.29 is 9.53 Å². The van der Waals surface area contributed by atoms with E-state index >= 15 is 0 Å². The molecule has 0 unspecified atom stereocenters. The van der Waals surface area contributed by atoms with Crippen LogP contribution in [-0.2, 0) is 4.79 Å². The highest BCUT2D eigenvalue weighted by Crippen LogP contribution is 2.23. The lowest BCUT2D eigenvalue weighted by atomic mass is 10.1. The maximum absolute atomic E-state index is 11.7. The van der Waals surface area contributed by atoms with Crippen LogP contribution < -0.4 is 15.4 Å². The van der Waals surface area contributed by atoms with E-state index in [9.17, 15) is 4.79 Å². The summed E-state index contributed by atoms with van der Waals surface area (Å²) >= 11 is 0. The Hall–Kier alpha value is -1.55. The first-order valence-corrected chi connectivity index (χ1v) is 6.20. The van der Waals surface area contributed by atoms with Gasteiger partial charge in [-0.3, -0.25) is 4.79 Å². The molecule has 1 amide bonds. The quantitative estimate of drug-likeness (QED) is 0.810. The van der Waals surface area contributed by atoms with Crippen molar-refractivity contribution in [1.82, 2.24) is 10.6 Å². The van der Waals surface area contributed by atoms with Gasteiger partial charge in [-0.05, 0) is 13.0 Å². The molecule has 1 aromatic carbocycles. The van der Waals surface area contributed by atoms with Crippen molar-refractivity contribution in [3.05, 3.63) is 29.8 Å². The normalized spacial score (nSPS) is 12.3. The van der Waals surface area contributed by atoms with Crippen LogP contribution in [0.2, 0.25) is 0 Å². The van der Waals surface area contributed by atoms with E-state index in [-0.39, 0.29) is 11.9 Å². The number of benzene rings is 1. The zero-order valence-electron chi connectivity index (χ0n) is 11.5. The number of para-hydroxylation sites is 1. The molecule has 4 heteroatoms. The Morgan fingerprint density at radius 3 is 2.56 bits per heavy atom. The summed E-state index contributed by atoms with van der Waals surface area (Å²) in [6, 6.07) is 7.94. The molecule has 0 spiro atoms. The number of hydrogen-bond donors (Lipinski definition) is 2. The summed E-state index contributed by atoms with van der Waals surface area (Å²) in [6.45, 7) is 6.30. The summed E-state index contributed by atoms with van der Waals surface area (Å²) in [7, 11) is 1.63. The Bertz CT molecular complexity index is 391. The van der Waals surface area contributed by atoms with Crippen LogP contribution in [0.15, 0.2) is 24.3 Å². The highest BCUT2D eigenvalue weighted by molar-refractivity contribution is 5.78.